The second kappa shape index (κ2) is 13.8. The van der Waals surface area contributed by atoms with Gasteiger partial charge in [-0.05, 0) is 84.3 Å². The molecule has 0 aromatic heterocycles. The Morgan fingerprint density at radius 1 is 1.03 bits per heavy atom. The zero-order chi connectivity index (χ0) is 27.8. The molecule has 1 aromatic carbocycles. The molecule has 3 amide bonds. The van der Waals surface area contributed by atoms with Crippen LogP contribution in [0.3, 0.4) is 0 Å². The lowest BCUT2D eigenvalue weighted by Crippen LogP contribution is -2.52. The van der Waals surface area contributed by atoms with Crippen LogP contribution in [0.15, 0.2) is 18.2 Å². The lowest BCUT2D eigenvalue weighted by molar-refractivity contribution is -0.143. The number of hydrogen-bond donors (Lipinski definition) is 2. The molecule has 208 valence electrons. The molecule has 37 heavy (non-hydrogen) atoms. The predicted molar refractivity (Wildman–Crippen MR) is 148 cm³/mol. The van der Waals surface area contributed by atoms with E-state index in [1.807, 2.05) is 32.9 Å². The molecule has 7 heteroatoms. The van der Waals surface area contributed by atoms with Crippen molar-refractivity contribution in [2.24, 2.45) is 5.92 Å². The largest absolute Gasteiger partial charge is 0.444 e. The lowest BCUT2D eigenvalue weighted by atomic mass is 9.92. The Balaban J connectivity index is 2.42. The van der Waals surface area contributed by atoms with E-state index in [2.05, 4.69) is 30.5 Å². The highest BCUT2D eigenvalue weighted by atomic mass is 16.6. The Morgan fingerprint density at radius 3 is 2.24 bits per heavy atom. The molecular formula is C30H49N3O4. The maximum absolute atomic E-state index is 13.9. The third-order valence-electron chi connectivity index (χ3n) is 6.91. The molecule has 1 aliphatic rings. The molecule has 0 heterocycles. The first-order valence-electron chi connectivity index (χ1n) is 13.9. The Hall–Kier alpha value is -2.57. The Morgan fingerprint density at radius 2 is 1.68 bits per heavy atom. The smallest absolute Gasteiger partial charge is 0.408 e. The van der Waals surface area contributed by atoms with Gasteiger partial charge in [-0.2, -0.15) is 0 Å². The van der Waals surface area contributed by atoms with Crippen molar-refractivity contribution in [3.63, 3.8) is 0 Å². The van der Waals surface area contributed by atoms with Gasteiger partial charge in [0.25, 0.3) is 0 Å². The van der Waals surface area contributed by atoms with Gasteiger partial charge in [0.05, 0.1) is 0 Å². The van der Waals surface area contributed by atoms with E-state index in [1.54, 1.807) is 25.7 Å². The Labute approximate surface area is 224 Å². The molecular weight excluding hydrogens is 466 g/mol. The summed E-state index contributed by atoms with van der Waals surface area (Å²) in [5, 5.41) is 5.87. The highest BCUT2D eigenvalue weighted by Crippen LogP contribution is 2.30. The minimum Gasteiger partial charge on any atom is -0.444 e. The van der Waals surface area contributed by atoms with E-state index in [0.29, 0.717) is 5.92 Å². The number of nitrogens with one attached hydrogen (secondary N) is 2. The van der Waals surface area contributed by atoms with Crippen LogP contribution in [0.25, 0.3) is 0 Å². The van der Waals surface area contributed by atoms with E-state index in [1.165, 1.54) is 6.42 Å². The fourth-order valence-electron chi connectivity index (χ4n) is 4.99. The van der Waals surface area contributed by atoms with Crippen LogP contribution in [0.5, 0.6) is 0 Å². The molecule has 1 aromatic rings. The molecule has 0 aliphatic heterocycles. The average Bonchev–Trinajstić information content (AvgIpc) is 2.79. The van der Waals surface area contributed by atoms with Crippen molar-refractivity contribution < 1.29 is 19.1 Å². The van der Waals surface area contributed by atoms with Crippen molar-refractivity contribution >= 4 is 17.9 Å². The van der Waals surface area contributed by atoms with Crippen molar-refractivity contribution in [2.45, 2.75) is 124 Å². The summed E-state index contributed by atoms with van der Waals surface area (Å²) in [5.74, 6) is 0.0154. The van der Waals surface area contributed by atoms with Gasteiger partial charge >= 0.3 is 6.09 Å². The second-order valence-corrected chi connectivity index (χ2v) is 12.1. The van der Waals surface area contributed by atoms with Crippen molar-refractivity contribution in [3.05, 3.63) is 34.9 Å². The van der Waals surface area contributed by atoms with Crippen LogP contribution in [0.4, 0.5) is 4.79 Å². The SMILES string of the molecule is Cc1ccc(C(C(=O)NC2CCCCC2)N(C(=O)CNC(=O)OC(C)(C)C)C(C)CCC(C)C)c(C)c1. The molecule has 7 nitrogen and oxygen atoms in total. The van der Waals surface area contributed by atoms with Gasteiger partial charge < -0.3 is 20.3 Å². The summed E-state index contributed by atoms with van der Waals surface area (Å²) in [7, 11) is 0. The van der Waals surface area contributed by atoms with E-state index in [0.717, 1.165) is 55.2 Å². The summed E-state index contributed by atoms with van der Waals surface area (Å²) < 4.78 is 5.33. The summed E-state index contributed by atoms with van der Waals surface area (Å²) >= 11 is 0. The predicted octanol–water partition coefficient (Wildman–Crippen LogP) is 5.97. The van der Waals surface area contributed by atoms with E-state index in [9.17, 15) is 14.4 Å². The summed E-state index contributed by atoms with van der Waals surface area (Å²) in [6.07, 6.45) is 6.36. The molecule has 2 atom stereocenters. The van der Waals surface area contributed by atoms with Gasteiger partial charge in [0.2, 0.25) is 11.8 Å². The van der Waals surface area contributed by atoms with E-state index in [-0.39, 0.29) is 30.4 Å². The average molecular weight is 516 g/mol. The third kappa shape index (κ3) is 10.0. The molecule has 1 fully saturated rings. The molecule has 2 unspecified atom stereocenters. The molecule has 2 rings (SSSR count). The fraction of sp³-hybridized carbons (Fsp3) is 0.700. The van der Waals surface area contributed by atoms with Gasteiger partial charge in [0, 0.05) is 12.1 Å². The van der Waals surface area contributed by atoms with Crippen LogP contribution in [0.1, 0.15) is 109 Å². The minimum absolute atomic E-state index is 0.123. The van der Waals surface area contributed by atoms with Crippen LogP contribution in [-0.2, 0) is 14.3 Å². The Bertz CT molecular complexity index is 916. The van der Waals surface area contributed by atoms with Crippen LogP contribution < -0.4 is 10.6 Å². The van der Waals surface area contributed by atoms with Crippen LogP contribution >= 0.6 is 0 Å². The topological polar surface area (TPSA) is 87.7 Å². The minimum atomic E-state index is -0.780. The number of benzene rings is 1. The number of nitrogens with zero attached hydrogens (tertiary/aromatic N) is 1. The lowest BCUT2D eigenvalue weighted by Gasteiger charge is -2.38. The number of rotatable bonds is 10. The molecule has 0 radical (unpaired) electrons. The van der Waals surface area contributed by atoms with E-state index < -0.39 is 17.7 Å². The maximum Gasteiger partial charge on any atom is 0.408 e. The number of carbonyl (C=O) groups is 3. The fourth-order valence-corrected chi connectivity index (χ4v) is 4.99. The van der Waals surface area contributed by atoms with Crippen molar-refractivity contribution in [3.8, 4) is 0 Å². The molecule has 0 saturated heterocycles. The van der Waals surface area contributed by atoms with Gasteiger partial charge in [-0.15, -0.1) is 0 Å². The number of alkyl carbamates (subject to hydrolysis) is 1. The van der Waals surface area contributed by atoms with Crippen molar-refractivity contribution in [2.75, 3.05) is 6.54 Å². The summed E-state index contributed by atoms with van der Waals surface area (Å²) in [4.78, 5) is 41.7. The van der Waals surface area contributed by atoms with E-state index >= 15 is 0 Å². The second-order valence-electron chi connectivity index (χ2n) is 12.1. The highest BCUT2D eigenvalue weighted by Gasteiger charge is 2.36. The highest BCUT2D eigenvalue weighted by molar-refractivity contribution is 5.91. The Kier molecular flexibility index (Phi) is 11.5. The zero-order valence-electron chi connectivity index (χ0n) is 24.3. The van der Waals surface area contributed by atoms with Gasteiger partial charge in [-0.3, -0.25) is 9.59 Å². The molecule has 1 aliphatic carbocycles. The number of amides is 3. The molecule has 0 bridgehead atoms. The van der Waals surface area contributed by atoms with Crippen LogP contribution in [-0.4, -0.2) is 47.0 Å². The van der Waals surface area contributed by atoms with Gasteiger partial charge in [-0.1, -0.05) is 56.9 Å². The third-order valence-corrected chi connectivity index (χ3v) is 6.91. The zero-order valence-corrected chi connectivity index (χ0v) is 24.3. The molecule has 1 saturated carbocycles. The van der Waals surface area contributed by atoms with Gasteiger partial charge in [-0.25, -0.2) is 4.79 Å². The monoisotopic (exact) mass is 515 g/mol. The first-order valence-corrected chi connectivity index (χ1v) is 13.9. The van der Waals surface area contributed by atoms with Gasteiger partial charge in [0.15, 0.2) is 0 Å². The summed E-state index contributed by atoms with van der Waals surface area (Å²) in [6.45, 7) is 15.4. The first kappa shape index (κ1) is 30.7. The number of carbonyl (C=O) groups excluding carboxylic acids is 3. The molecule has 0 spiro atoms. The van der Waals surface area contributed by atoms with Gasteiger partial charge in [0.1, 0.15) is 18.2 Å². The number of hydrogen-bond acceptors (Lipinski definition) is 4. The van der Waals surface area contributed by atoms with Crippen LogP contribution in [0.2, 0.25) is 0 Å². The molecule has 2 N–H and O–H groups in total. The van der Waals surface area contributed by atoms with Crippen molar-refractivity contribution in [1.29, 1.82) is 0 Å². The number of aryl methyl sites for hydroxylation is 2. The quantitative estimate of drug-likeness (QED) is 0.402. The summed E-state index contributed by atoms with van der Waals surface area (Å²) in [6, 6.07) is 5.15. The van der Waals surface area contributed by atoms with E-state index in [4.69, 9.17) is 4.74 Å². The normalized spacial score (nSPS) is 16.1. The maximum atomic E-state index is 13.9. The number of ether oxygens (including phenoxy) is 1. The summed E-state index contributed by atoms with van der Waals surface area (Å²) in [5.41, 5.74) is 2.22. The van der Waals surface area contributed by atoms with Crippen LogP contribution in [0, 0.1) is 19.8 Å². The standard InChI is InChI=1S/C30H49N3O4/c1-20(2)14-16-23(5)33(26(34)19-31-29(36)37-30(6,7)8)27(25-17-15-21(3)18-22(25)4)28(35)32-24-12-10-9-11-13-24/h15,17-18,20,23-24,27H,9-14,16,19H2,1-8H3,(H,31,36)(H,32,35). The first-order chi connectivity index (χ1) is 17.3. The van der Waals surface area contributed by atoms with Crippen molar-refractivity contribution in [1.82, 2.24) is 15.5 Å².